The summed E-state index contributed by atoms with van der Waals surface area (Å²) in [5.74, 6) is -0.188. The van der Waals surface area contributed by atoms with E-state index in [1.807, 2.05) is 6.92 Å². The van der Waals surface area contributed by atoms with Gasteiger partial charge >= 0.3 is 0 Å². The van der Waals surface area contributed by atoms with Crippen molar-refractivity contribution in [1.82, 2.24) is 9.88 Å². The standard InChI is InChI=1S/C10H15N3O2/c1-2-13(5-6-14)10(15)9-4-3-8(11)7-12-9/h3-4,7,14H,2,5-6,11H2,1H3. The lowest BCUT2D eigenvalue weighted by Gasteiger charge is -2.18. The third-order valence-corrected chi connectivity index (χ3v) is 2.04. The van der Waals surface area contributed by atoms with Gasteiger partial charge in [-0.15, -0.1) is 0 Å². The predicted octanol–water partition coefficient (Wildman–Crippen LogP) is 0.118. The smallest absolute Gasteiger partial charge is 0.272 e. The van der Waals surface area contributed by atoms with Crippen molar-refractivity contribution in [3.63, 3.8) is 0 Å². The average Bonchev–Trinajstić information content (AvgIpc) is 2.26. The van der Waals surface area contributed by atoms with Crippen LogP contribution in [0.15, 0.2) is 18.3 Å². The Kier molecular flexibility index (Phi) is 4.05. The van der Waals surface area contributed by atoms with Crippen molar-refractivity contribution in [2.45, 2.75) is 6.92 Å². The van der Waals surface area contributed by atoms with Gasteiger partial charge in [0.2, 0.25) is 0 Å². The fourth-order valence-electron chi connectivity index (χ4n) is 1.22. The molecule has 0 aliphatic heterocycles. The van der Waals surface area contributed by atoms with Gasteiger partial charge in [-0.2, -0.15) is 0 Å². The van der Waals surface area contributed by atoms with Gasteiger partial charge in [0.15, 0.2) is 0 Å². The average molecular weight is 209 g/mol. The molecule has 3 N–H and O–H groups in total. The van der Waals surface area contributed by atoms with E-state index >= 15 is 0 Å². The Hall–Kier alpha value is -1.62. The van der Waals surface area contributed by atoms with E-state index in [0.717, 1.165) is 0 Å². The quantitative estimate of drug-likeness (QED) is 0.738. The van der Waals surface area contributed by atoms with Crippen molar-refractivity contribution < 1.29 is 9.90 Å². The first kappa shape index (κ1) is 11.5. The highest BCUT2D eigenvalue weighted by Crippen LogP contribution is 2.04. The zero-order chi connectivity index (χ0) is 11.3. The second-order valence-corrected chi connectivity index (χ2v) is 3.09. The number of carbonyl (C=O) groups excluding carboxylic acids is 1. The number of pyridine rings is 1. The molecule has 82 valence electrons. The summed E-state index contributed by atoms with van der Waals surface area (Å²) in [5, 5.41) is 8.77. The number of anilines is 1. The normalized spacial score (nSPS) is 10.0. The summed E-state index contributed by atoms with van der Waals surface area (Å²) in [6, 6.07) is 3.21. The summed E-state index contributed by atoms with van der Waals surface area (Å²) in [7, 11) is 0. The number of aromatic nitrogens is 1. The molecule has 0 atom stereocenters. The van der Waals surface area contributed by atoms with E-state index in [9.17, 15) is 4.79 Å². The van der Waals surface area contributed by atoms with Crippen molar-refractivity contribution in [3.05, 3.63) is 24.0 Å². The highest BCUT2D eigenvalue weighted by atomic mass is 16.3. The number of aliphatic hydroxyl groups excluding tert-OH is 1. The van der Waals surface area contributed by atoms with E-state index in [1.165, 1.54) is 11.1 Å². The molecule has 0 aliphatic carbocycles. The number of nitrogen functional groups attached to an aromatic ring is 1. The fourth-order valence-corrected chi connectivity index (χ4v) is 1.22. The van der Waals surface area contributed by atoms with Crippen LogP contribution in [0.4, 0.5) is 5.69 Å². The molecule has 0 bridgehead atoms. The Bertz CT molecular complexity index is 324. The SMILES string of the molecule is CCN(CCO)C(=O)c1ccc(N)cn1. The number of carbonyl (C=O) groups is 1. The number of rotatable bonds is 4. The van der Waals surface area contributed by atoms with E-state index < -0.39 is 0 Å². The fraction of sp³-hybridized carbons (Fsp3) is 0.400. The molecule has 0 spiro atoms. The Balaban J connectivity index is 2.78. The van der Waals surface area contributed by atoms with Gasteiger partial charge < -0.3 is 15.7 Å². The van der Waals surface area contributed by atoms with E-state index in [4.69, 9.17) is 10.8 Å². The van der Waals surface area contributed by atoms with Crippen LogP contribution in [0.5, 0.6) is 0 Å². The maximum atomic E-state index is 11.8. The Morgan fingerprint density at radius 1 is 1.60 bits per heavy atom. The largest absolute Gasteiger partial charge is 0.397 e. The molecule has 5 nitrogen and oxygen atoms in total. The van der Waals surface area contributed by atoms with Gasteiger partial charge in [0, 0.05) is 13.1 Å². The molecule has 1 amide bonds. The number of amides is 1. The topological polar surface area (TPSA) is 79.5 Å². The highest BCUT2D eigenvalue weighted by Gasteiger charge is 2.14. The van der Waals surface area contributed by atoms with Crippen LogP contribution in [-0.2, 0) is 0 Å². The molecule has 5 heteroatoms. The van der Waals surface area contributed by atoms with Crippen molar-refractivity contribution in [2.24, 2.45) is 0 Å². The van der Waals surface area contributed by atoms with Crippen LogP contribution in [0.2, 0.25) is 0 Å². The lowest BCUT2D eigenvalue weighted by molar-refractivity contribution is 0.0726. The van der Waals surface area contributed by atoms with E-state index in [0.29, 0.717) is 24.5 Å². The third kappa shape index (κ3) is 2.92. The maximum absolute atomic E-state index is 11.8. The summed E-state index contributed by atoms with van der Waals surface area (Å²) in [5.41, 5.74) is 6.34. The number of likely N-dealkylation sites (N-methyl/N-ethyl adjacent to an activating group) is 1. The van der Waals surface area contributed by atoms with Crippen LogP contribution in [-0.4, -0.2) is 40.6 Å². The summed E-state index contributed by atoms with van der Waals surface area (Å²) in [4.78, 5) is 17.2. The molecular weight excluding hydrogens is 194 g/mol. The zero-order valence-electron chi connectivity index (χ0n) is 8.68. The molecule has 15 heavy (non-hydrogen) atoms. The summed E-state index contributed by atoms with van der Waals surface area (Å²) in [6.07, 6.45) is 1.44. The molecule has 1 aromatic rings. The van der Waals surface area contributed by atoms with Gasteiger partial charge in [-0.25, -0.2) is 4.98 Å². The monoisotopic (exact) mass is 209 g/mol. The van der Waals surface area contributed by atoms with Crippen LogP contribution in [0, 0.1) is 0 Å². The molecule has 0 radical (unpaired) electrons. The first-order chi connectivity index (χ1) is 7.19. The number of nitrogens with two attached hydrogens (primary N) is 1. The van der Waals surface area contributed by atoms with Gasteiger partial charge in [-0.1, -0.05) is 0 Å². The minimum atomic E-state index is -0.188. The first-order valence-electron chi connectivity index (χ1n) is 4.80. The second kappa shape index (κ2) is 5.31. The van der Waals surface area contributed by atoms with Gasteiger partial charge in [0.25, 0.3) is 5.91 Å². The second-order valence-electron chi connectivity index (χ2n) is 3.09. The third-order valence-electron chi connectivity index (χ3n) is 2.04. The summed E-state index contributed by atoms with van der Waals surface area (Å²) >= 11 is 0. The minimum Gasteiger partial charge on any atom is -0.397 e. The van der Waals surface area contributed by atoms with Gasteiger partial charge in [0.1, 0.15) is 5.69 Å². The van der Waals surface area contributed by atoms with E-state index in [2.05, 4.69) is 4.98 Å². The summed E-state index contributed by atoms with van der Waals surface area (Å²) in [6.45, 7) is 2.67. The van der Waals surface area contributed by atoms with Gasteiger partial charge in [-0.3, -0.25) is 4.79 Å². The van der Waals surface area contributed by atoms with Crippen molar-refractivity contribution in [1.29, 1.82) is 0 Å². The lowest BCUT2D eigenvalue weighted by Crippen LogP contribution is -2.33. The molecule has 0 aliphatic rings. The molecular formula is C10H15N3O2. The zero-order valence-corrected chi connectivity index (χ0v) is 8.68. The predicted molar refractivity (Wildman–Crippen MR) is 57.3 cm³/mol. The molecule has 1 aromatic heterocycles. The molecule has 0 aromatic carbocycles. The molecule has 1 rings (SSSR count). The van der Waals surface area contributed by atoms with Crippen LogP contribution in [0.1, 0.15) is 17.4 Å². The van der Waals surface area contributed by atoms with Crippen LogP contribution >= 0.6 is 0 Å². The van der Waals surface area contributed by atoms with Crippen LogP contribution < -0.4 is 5.73 Å². The van der Waals surface area contributed by atoms with Crippen molar-refractivity contribution in [3.8, 4) is 0 Å². The lowest BCUT2D eigenvalue weighted by atomic mass is 10.3. The summed E-state index contributed by atoms with van der Waals surface area (Å²) < 4.78 is 0. The highest BCUT2D eigenvalue weighted by molar-refractivity contribution is 5.92. The van der Waals surface area contributed by atoms with Gasteiger partial charge in [-0.05, 0) is 19.1 Å². The number of hydrogen-bond donors (Lipinski definition) is 2. The van der Waals surface area contributed by atoms with Crippen LogP contribution in [0.3, 0.4) is 0 Å². The number of nitrogens with zero attached hydrogens (tertiary/aromatic N) is 2. The molecule has 0 saturated heterocycles. The molecule has 0 fully saturated rings. The Morgan fingerprint density at radius 2 is 2.33 bits per heavy atom. The van der Waals surface area contributed by atoms with E-state index in [1.54, 1.807) is 12.1 Å². The Morgan fingerprint density at radius 3 is 2.80 bits per heavy atom. The maximum Gasteiger partial charge on any atom is 0.272 e. The molecule has 0 saturated carbocycles. The number of aliphatic hydroxyl groups is 1. The first-order valence-corrected chi connectivity index (χ1v) is 4.80. The molecule has 0 unspecified atom stereocenters. The van der Waals surface area contributed by atoms with E-state index in [-0.39, 0.29) is 12.5 Å². The van der Waals surface area contributed by atoms with Crippen molar-refractivity contribution in [2.75, 3.05) is 25.4 Å². The van der Waals surface area contributed by atoms with Crippen molar-refractivity contribution >= 4 is 11.6 Å². The Labute approximate surface area is 88.5 Å². The van der Waals surface area contributed by atoms with Crippen LogP contribution in [0.25, 0.3) is 0 Å². The number of hydrogen-bond acceptors (Lipinski definition) is 4. The minimum absolute atomic E-state index is 0.0471. The molecule has 1 heterocycles. The van der Waals surface area contributed by atoms with Gasteiger partial charge in [0.05, 0.1) is 18.5 Å².